The van der Waals surface area contributed by atoms with Crippen LogP contribution in [0.25, 0.3) is 17.1 Å². The molecule has 0 saturated heterocycles. The standard InChI is InChI=1S/C27H28N4O3S/c1-33-17-16-30(19-21-10-5-3-6-11-21)25(32)20-35-27-29-28-26(22-12-9-15-24(18-22)34-2)31(27)23-13-7-4-8-14-23/h3-15,18H,16-17,19-20H2,1-2H3. The highest BCUT2D eigenvalue weighted by Crippen LogP contribution is 2.29. The van der Waals surface area contributed by atoms with Gasteiger partial charge >= 0.3 is 0 Å². The smallest absolute Gasteiger partial charge is 0.233 e. The predicted octanol–water partition coefficient (Wildman–Crippen LogP) is 4.71. The van der Waals surface area contributed by atoms with E-state index in [0.29, 0.717) is 30.7 Å². The summed E-state index contributed by atoms with van der Waals surface area (Å²) in [5.41, 5.74) is 2.88. The van der Waals surface area contributed by atoms with E-state index < -0.39 is 0 Å². The Kier molecular flexibility index (Phi) is 8.53. The number of benzene rings is 3. The van der Waals surface area contributed by atoms with Crippen LogP contribution in [0, 0.1) is 0 Å². The van der Waals surface area contributed by atoms with Crippen molar-refractivity contribution in [2.45, 2.75) is 11.7 Å². The number of thioether (sulfide) groups is 1. The fourth-order valence-electron chi connectivity index (χ4n) is 3.64. The highest BCUT2D eigenvalue weighted by molar-refractivity contribution is 7.99. The van der Waals surface area contributed by atoms with Crippen LogP contribution in [0.5, 0.6) is 5.75 Å². The molecule has 0 saturated carbocycles. The van der Waals surface area contributed by atoms with Crippen molar-refractivity contribution in [2.24, 2.45) is 0 Å². The molecule has 4 aromatic rings. The number of nitrogens with zero attached hydrogens (tertiary/aromatic N) is 4. The van der Waals surface area contributed by atoms with E-state index in [1.807, 2.05) is 94.4 Å². The summed E-state index contributed by atoms with van der Waals surface area (Å²) in [7, 11) is 3.28. The zero-order valence-corrected chi connectivity index (χ0v) is 20.6. The molecule has 0 spiro atoms. The Morgan fingerprint density at radius 3 is 2.40 bits per heavy atom. The number of ether oxygens (including phenoxy) is 2. The van der Waals surface area contributed by atoms with Crippen molar-refractivity contribution in [1.29, 1.82) is 0 Å². The number of rotatable bonds is 11. The molecule has 0 aliphatic carbocycles. The largest absolute Gasteiger partial charge is 0.497 e. The molecule has 0 atom stereocenters. The molecule has 180 valence electrons. The molecule has 0 radical (unpaired) electrons. The number of methoxy groups -OCH3 is 2. The van der Waals surface area contributed by atoms with Gasteiger partial charge in [-0.2, -0.15) is 0 Å². The van der Waals surface area contributed by atoms with Crippen molar-refractivity contribution in [2.75, 3.05) is 33.1 Å². The van der Waals surface area contributed by atoms with Crippen LogP contribution >= 0.6 is 11.8 Å². The lowest BCUT2D eigenvalue weighted by Crippen LogP contribution is -2.34. The highest BCUT2D eigenvalue weighted by Gasteiger charge is 2.20. The highest BCUT2D eigenvalue weighted by atomic mass is 32.2. The third kappa shape index (κ3) is 6.29. The normalized spacial score (nSPS) is 10.8. The summed E-state index contributed by atoms with van der Waals surface area (Å²) in [5.74, 6) is 1.68. The molecule has 0 fully saturated rings. The first-order chi connectivity index (χ1) is 17.2. The molecule has 0 aliphatic rings. The minimum atomic E-state index is 0.0152. The first-order valence-electron chi connectivity index (χ1n) is 11.3. The van der Waals surface area contributed by atoms with E-state index in [4.69, 9.17) is 9.47 Å². The first-order valence-corrected chi connectivity index (χ1v) is 12.3. The zero-order chi connectivity index (χ0) is 24.5. The Hall–Kier alpha value is -3.62. The third-order valence-corrected chi connectivity index (χ3v) is 6.35. The van der Waals surface area contributed by atoms with Crippen LogP contribution < -0.4 is 4.74 Å². The van der Waals surface area contributed by atoms with Gasteiger partial charge in [-0.05, 0) is 29.8 Å². The number of amides is 1. The first kappa shape index (κ1) is 24.5. The lowest BCUT2D eigenvalue weighted by atomic mass is 10.2. The van der Waals surface area contributed by atoms with Gasteiger partial charge in [0.2, 0.25) is 5.91 Å². The van der Waals surface area contributed by atoms with Crippen LogP contribution in [0.3, 0.4) is 0 Å². The summed E-state index contributed by atoms with van der Waals surface area (Å²) in [6, 6.07) is 27.6. The Balaban J connectivity index is 1.58. The molecule has 1 heterocycles. The van der Waals surface area contributed by atoms with Crippen LogP contribution in [0.1, 0.15) is 5.56 Å². The summed E-state index contributed by atoms with van der Waals surface area (Å²) in [5, 5.41) is 9.56. The van der Waals surface area contributed by atoms with Gasteiger partial charge in [-0.25, -0.2) is 0 Å². The van der Waals surface area contributed by atoms with Crippen LogP contribution in [0.2, 0.25) is 0 Å². The van der Waals surface area contributed by atoms with Crippen molar-refractivity contribution in [3.05, 3.63) is 90.5 Å². The Bertz CT molecular complexity index is 1230. The van der Waals surface area contributed by atoms with E-state index in [-0.39, 0.29) is 11.7 Å². The second kappa shape index (κ2) is 12.2. The van der Waals surface area contributed by atoms with E-state index in [2.05, 4.69) is 10.2 Å². The quantitative estimate of drug-likeness (QED) is 0.285. The van der Waals surface area contributed by atoms with Gasteiger partial charge in [-0.3, -0.25) is 9.36 Å². The molecule has 4 rings (SSSR count). The lowest BCUT2D eigenvalue weighted by molar-refractivity contribution is -0.129. The van der Waals surface area contributed by atoms with Crippen molar-refractivity contribution in [1.82, 2.24) is 19.7 Å². The van der Waals surface area contributed by atoms with Gasteiger partial charge in [0.15, 0.2) is 11.0 Å². The zero-order valence-electron chi connectivity index (χ0n) is 19.8. The van der Waals surface area contributed by atoms with Crippen molar-refractivity contribution in [3.8, 4) is 22.8 Å². The Morgan fingerprint density at radius 1 is 0.943 bits per heavy atom. The summed E-state index contributed by atoms with van der Waals surface area (Å²) < 4.78 is 12.6. The Labute approximate surface area is 209 Å². The molecular weight excluding hydrogens is 460 g/mol. The number of aromatic nitrogens is 3. The maximum Gasteiger partial charge on any atom is 0.233 e. The van der Waals surface area contributed by atoms with Crippen molar-refractivity contribution in [3.63, 3.8) is 0 Å². The van der Waals surface area contributed by atoms with Crippen LogP contribution in [0.15, 0.2) is 90.1 Å². The van der Waals surface area contributed by atoms with Gasteiger partial charge < -0.3 is 14.4 Å². The van der Waals surface area contributed by atoms with Gasteiger partial charge in [0, 0.05) is 31.5 Å². The number of hydrogen-bond acceptors (Lipinski definition) is 6. The molecule has 7 nitrogen and oxygen atoms in total. The summed E-state index contributed by atoms with van der Waals surface area (Å²) in [6.07, 6.45) is 0. The average Bonchev–Trinajstić information content (AvgIpc) is 3.34. The topological polar surface area (TPSA) is 69.5 Å². The van der Waals surface area contributed by atoms with E-state index in [1.54, 1.807) is 14.2 Å². The van der Waals surface area contributed by atoms with E-state index in [0.717, 1.165) is 22.6 Å². The van der Waals surface area contributed by atoms with E-state index >= 15 is 0 Å². The molecule has 1 aromatic heterocycles. The number of carbonyl (C=O) groups excluding carboxylic acids is 1. The van der Waals surface area contributed by atoms with E-state index in [9.17, 15) is 4.79 Å². The molecule has 0 unspecified atom stereocenters. The molecule has 35 heavy (non-hydrogen) atoms. The SMILES string of the molecule is COCCN(Cc1ccccc1)C(=O)CSc1nnc(-c2cccc(OC)c2)n1-c1ccccc1. The van der Waals surface area contributed by atoms with Crippen LogP contribution in [-0.4, -0.2) is 58.7 Å². The van der Waals surface area contributed by atoms with Crippen LogP contribution in [0.4, 0.5) is 0 Å². The molecule has 8 heteroatoms. The van der Waals surface area contributed by atoms with Gasteiger partial charge in [0.1, 0.15) is 5.75 Å². The summed E-state index contributed by atoms with van der Waals surface area (Å²) in [6.45, 7) is 1.53. The third-order valence-electron chi connectivity index (χ3n) is 5.43. The van der Waals surface area contributed by atoms with Gasteiger partial charge in [0.25, 0.3) is 0 Å². The maximum absolute atomic E-state index is 13.2. The summed E-state index contributed by atoms with van der Waals surface area (Å²) >= 11 is 1.37. The number of para-hydroxylation sites is 1. The maximum atomic E-state index is 13.2. The number of carbonyl (C=O) groups is 1. The molecular formula is C27H28N4O3S. The van der Waals surface area contributed by atoms with Gasteiger partial charge in [0.05, 0.1) is 19.5 Å². The minimum absolute atomic E-state index is 0.0152. The summed E-state index contributed by atoms with van der Waals surface area (Å²) in [4.78, 5) is 15.0. The monoisotopic (exact) mass is 488 g/mol. The Morgan fingerprint density at radius 2 is 1.69 bits per heavy atom. The molecule has 1 amide bonds. The second-order valence-corrected chi connectivity index (χ2v) is 8.73. The van der Waals surface area contributed by atoms with E-state index in [1.165, 1.54) is 11.8 Å². The lowest BCUT2D eigenvalue weighted by Gasteiger charge is -2.22. The molecule has 3 aromatic carbocycles. The number of hydrogen-bond donors (Lipinski definition) is 0. The fourth-order valence-corrected chi connectivity index (χ4v) is 4.49. The van der Waals surface area contributed by atoms with Crippen molar-refractivity contribution < 1.29 is 14.3 Å². The molecule has 0 bridgehead atoms. The predicted molar refractivity (Wildman–Crippen MR) is 138 cm³/mol. The average molecular weight is 489 g/mol. The molecule has 0 aliphatic heterocycles. The van der Waals surface area contributed by atoms with Crippen molar-refractivity contribution >= 4 is 17.7 Å². The second-order valence-electron chi connectivity index (χ2n) is 7.79. The fraction of sp³-hybridized carbons (Fsp3) is 0.222. The molecule has 0 N–H and O–H groups in total. The van der Waals surface area contributed by atoms with Crippen LogP contribution in [-0.2, 0) is 16.1 Å². The van der Waals surface area contributed by atoms with Gasteiger partial charge in [-0.15, -0.1) is 10.2 Å². The minimum Gasteiger partial charge on any atom is -0.497 e. The van der Waals surface area contributed by atoms with Gasteiger partial charge in [-0.1, -0.05) is 72.4 Å².